The minimum atomic E-state index is -0.891. The second-order valence-corrected chi connectivity index (χ2v) is 7.68. The second-order valence-electron chi connectivity index (χ2n) is 7.68. The summed E-state index contributed by atoms with van der Waals surface area (Å²) in [5, 5.41) is -0.209. The van der Waals surface area contributed by atoms with Gasteiger partial charge in [0.25, 0.3) is 0 Å². The summed E-state index contributed by atoms with van der Waals surface area (Å²) < 4.78 is 50.1. The van der Waals surface area contributed by atoms with Crippen molar-refractivity contribution in [2.45, 2.75) is 6.54 Å². The number of aromatic nitrogens is 1. The van der Waals surface area contributed by atoms with Crippen LogP contribution in [0, 0.1) is 11.6 Å². The van der Waals surface area contributed by atoms with Gasteiger partial charge < -0.3 is 18.8 Å². The fourth-order valence-corrected chi connectivity index (χ4v) is 3.87. The van der Waals surface area contributed by atoms with Gasteiger partial charge in [-0.05, 0) is 37.4 Å². The number of piperazine rings is 1. The summed E-state index contributed by atoms with van der Waals surface area (Å²) in [6.07, 6.45) is 5.00. The van der Waals surface area contributed by atoms with Gasteiger partial charge in [0.05, 0.1) is 23.7 Å². The van der Waals surface area contributed by atoms with Gasteiger partial charge in [0.1, 0.15) is 18.2 Å². The number of aryl methyl sites for hydroxylation is 1. The number of nitrogens with zero attached hydrogens (tertiary/aromatic N) is 3. The number of alkyl halides is 1. The number of furan rings is 1. The predicted molar refractivity (Wildman–Crippen MR) is 116 cm³/mol. The second kappa shape index (κ2) is 9.04. The Kier molecular flexibility index (Phi) is 6.18. The summed E-state index contributed by atoms with van der Waals surface area (Å²) in [6.45, 7) is 1.10. The number of hydrogen-bond acceptors (Lipinski definition) is 5. The van der Waals surface area contributed by atoms with E-state index in [-0.39, 0.29) is 34.5 Å². The molecular formula is C23H22F3N3O3. The minimum absolute atomic E-state index is 0.0111. The lowest BCUT2D eigenvalue weighted by molar-refractivity contribution is 0.102. The zero-order valence-electron chi connectivity index (χ0n) is 17.5. The van der Waals surface area contributed by atoms with E-state index in [0.717, 1.165) is 12.1 Å². The fourth-order valence-electron chi connectivity index (χ4n) is 3.87. The number of likely N-dealkylation sites (N-methyl/N-ethyl adjacent to an activating group) is 1. The summed E-state index contributed by atoms with van der Waals surface area (Å²) in [7, 11) is 1.93. The maximum absolute atomic E-state index is 15.5. The number of fused-ring (bicyclic) bond motifs is 1. The van der Waals surface area contributed by atoms with Gasteiger partial charge in [-0.15, -0.1) is 0 Å². The molecule has 2 aromatic heterocycles. The van der Waals surface area contributed by atoms with Crippen LogP contribution >= 0.6 is 0 Å². The number of halogens is 3. The number of rotatable bonds is 6. The molecule has 3 aromatic rings. The van der Waals surface area contributed by atoms with E-state index < -0.39 is 29.5 Å². The predicted octanol–water partition coefficient (Wildman–Crippen LogP) is 3.49. The quantitative estimate of drug-likeness (QED) is 0.430. The van der Waals surface area contributed by atoms with E-state index in [2.05, 4.69) is 4.90 Å². The number of hydrogen-bond donors (Lipinski definition) is 0. The van der Waals surface area contributed by atoms with Crippen LogP contribution in [0.25, 0.3) is 17.0 Å². The molecule has 0 aliphatic carbocycles. The molecule has 3 heterocycles. The lowest BCUT2D eigenvalue weighted by Crippen LogP contribution is -2.45. The Morgan fingerprint density at radius 3 is 2.62 bits per heavy atom. The first-order chi connectivity index (χ1) is 15.4. The molecule has 9 heteroatoms. The van der Waals surface area contributed by atoms with Crippen LogP contribution in [-0.4, -0.2) is 55.2 Å². The maximum Gasteiger partial charge on any atom is 0.221 e. The molecule has 32 heavy (non-hydrogen) atoms. The summed E-state index contributed by atoms with van der Waals surface area (Å²) in [5.74, 6) is -2.14. The molecule has 1 aliphatic heterocycles. The van der Waals surface area contributed by atoms with Crippen LogP contribution in [0.15, 0.2) is 45.9 Å². The molecule has 0 N–H and O–H groups in total. The van der Waals surface area contributed by atoms with Crippen molar-refractivity contribution in [3.05, 3.63) is 69.9 Å². The lowest BCUT2D eigenvalue weighted by atomic mass is 10.1. The van der Waals surface area contributed by atoms with E-state index in [1.165, 1.54) is 29.2 Å². The molecule has 0 bridgehead atoms. The molecule has 0 amide bonds. The number of anilines is 1. The third-order valence-corrected chi connectivity index (χ3v) is 5.58. The normalized spacial score (nSPS) is 15.2. The van der Waals surface area contributed by atoms with Crippen LogP contribution in [0.2, 0.25) is 0 Å². The topological polar surface area (TPSA) is 58.7 Å². The van der Waals surface area contributed by atoms with Crippen molar-refractivity contribution < 1.29 is 22.4 Å². The molecule has 0 spiro atoms. The molecule has 0 radical (unpaired) electrons. The van der Waals surface area contributed by atoms with Crippen molar-refractivity contribution in [1.82, 2.24) is 9.47 Å². The molecule has 1 saturated heterocycles. The standard InChI is InChI=1S/C23H22F3N3O3/c1-27-8-10-28(11-9-27)22-17(25)13-16-21(20(22)26)29(7-6-24)14-15(23(16)31)4-5-18(30)19-3-2-12-32-19/h2-5,12-14H,6-11H2,1H3/b5-4+. The van der Waals surface area contributed by atoms with E-state index in [4.69, 9.17) is 4.42 Å². The van der Waals surface area contributed by atoms with Gasteiger partial charge in [0, 0.05) is 37.9 Å². The first kappa shape index (κ1) is 21.9. The van der Waals surface area contributed by atoms with Crippen molar-refractivity contribution in [3.63, 3.8) is 0 Å². The highest BCUT2D eigenvalue weighted by Gasteiger charge is 2.25. The third kappa shape index (κ3) is 4.08. The van der Waals surface area contributed by atoms with Crippen molar-refractivity contribution in [3.8, 4) is 0 Å². The van der Waals surface area contributed by atoms with Gasteiger partial charge in [-0.25, -0.2) is 13.2 Å². The summed E-state index contributed by atoms with van der Waals surface area (Å²) in [4.78, 5) is 28.8. The molecule has 0 saturated carbocycles. The van der Waals surface area contributed by atoms with Crippen LogP contribution in [0.1, 0.15) is 16.1 Å². The SMILES string of the molecule is CN1CCN(c2c(F)cc3c(=O)c(/C=C/C(=O)c4ccco4)cn(CCF)c3c2F)CC1. The van der Waals surface area contributed by atoms with Crippen molar-refractivity contribution in [2.75, 3.05) is 44.8 Å². The van der Waals surface area contributed by atoms with Gasteiger partial charge in [-0.1, -0.05) is 0 Å². The molecule has 168 valence electrons. The number of ketones is 1. The molecule has 4 rings (SSSR count). The highest BCUT2D eigenvalue weighted by Crippen LogP contribution is 2.31. The largest absolute Gasteiger partial charge is 0.461 e. The Bertz CT molecular complexity index is 1230. The molecule has 6 nitrogen and oxygen atoms in total. The Morgan fingerprint density at radius 1 is 1.22 bits per heavy atom. The molecule has 0 unspecified atom stereocenters. The van der Waals surface area contributed by atoms with Gasteiger partial charge in [0.2, 0.25) is 5.78 Å². The highest BCUT2D eigenvalue weighted by molar-refractivity contribution is 6.05. The Balaban J connectivity index is 1.82. The van der Waals surface area contributed by atoms with Crippen LogP contribution in [0.3, 0.4) is 0 Å². The summed E-state index contributed by atoms with van der Waals surface area (Å²) in [5.41, 5.74) is -1.01. The van der Waals surface area contributed by atoms with Crippen molar-refractivity contribution in [2.24, 2.45) is 0 Å². The number of carbonyl (C=O) groups excluding carboxylic acids is 1. The molecule has 0 atom stereocenters. The van der Waals surface area contributed by atoms with E-state index in [0.29, 0.717) is 26.2 Å². The maximum atomic E-state index is 15.5. The fraction of sp³-hybridized carbons (Fsp3) is 0.304. The average Bonchev–Trinajstić information content (AvgIpc) is 3.31. The number of allylic oxidation sites excluding steroid dienone is 1. The smallest absolute Gasteiger partial charge is 0.221 e. The lowest BCUT2D eigenvalue weighted by Gasteiger charge is -2.34. The average molecular weight is 445 g/mol. The van der Waals surface area contributed by atoms with Crippen molar-refractivity contribution in [1.29, 1.82) is 0 Å². The first-order valence-electron chi connectivity index (χ1n) is 10.2. The Labute approximate surface area is 182 Å². The van der Waals surface area contributed by atoms with E-state index >= 15 is 4.39 Å². The van der Waals surface area contributed by atoms with Crippen molar-refractivity contribution >= 4 is 28.4 Å². The van der Waals surface area contributed by atoms with Gasteiger partial charge in [-0.2, -0.15) is 0 Å². The monoisotopic (exact) mass is 445 g/mol. The number of benzene rings is 1. The zero-order valence-corrected chi connectivity index (χ0v) is 17.5. The summed E-state index contributed by atoms with van der Waals surface area (Å²) in [6, 6.07) is 4.02. The molecule has 1 aliphatic rings. The zero-order chi connectivity index (χ0) is 22.8. The van der Waals surface area contributed by atoms with E-state index in [1.807, 2.05) is 7.05 Å². The Morgan fingerprint density at radius 2 is 1.97 bits per heavy atom. The number of carbonyl (C=O) groups is 1. The van der Waals surface area contributed by atoms with E-state index in [9.17, 15) is 18.4 Å². The van der Waals surface area contributed by atoms with Crippen LogP contribution in [-0.2, 0) is 6.54 Å². The molecular weight excluding hydrogens is 423 g/mol. The molecule has 1 aromatic carbocycles. The third-order valence-electron chi connectivity index (χ3n) is 5.58. The Hall–Kier alpha value is -3.33. The van der Waals surface area contributed by atoms with Crippen LogP contribution < -0.4 is 10.3 Å². The van der Waals surface area contributed by atoms with Gasteiger partial charge >= 0.3 is 0 Å². The van der Waals surface area contributed by atoms with Gasteiger partial charge in [-0.3, -0.25) is 9.59 Å². The van der Waals surface area contributed by atoms with E-state index in [1.54, 1.807) is 11.0 Å². The van der Waals surface area contributed by atoms with Crippen LogP contribution in [0.4, 0.5) is 18.9 Å². The molecule has 1 fully saturated rings. The highest BCUT2D eigenvalue weighted by atomic mass is 19.1. The van der Waals surface area contributed by atoms with Crippen LogP contribution in [0.5, 0.6) is 0 Å². The first-order valence-corrected chi connectivity index (χ1v) is 10.2. The minimum Gasteiger partial charge on any atom is -0.461 e. The van der Waals surface area contributed by atoms with Gasteiger partial charge in [0.15, 0.2) is 17.0 Å². The summed E-state index contributed by atoms with van der Waals surface area (Å²) >= 11 is 0. The number of pyridine rings is 1.